The molecule has 18 heavy (non-hydrogen) atoms. The molecule has 0 saturated heterocycles. The zero-order chi connectivity index (χ0) is 12.6. The summed E-state index contributed by atoms with van der Waals surface area (Å²) in [4.78, 5) is 0. The number of benzene rings is 2. The second kappa shape index (κ2) is 6.94. The van der Waals surface area contributed by atoms with Crippen LogP contribution in [-0.2, 0) is 24.4 Å². The quantitative estimate of drug-likeness (QED) is 0.844. The van der Waals surface area contributed by atoms with Crippen molar-refractivity contribution in [3.05, 3.63) is 71.3 Å². The molecule has 0 unspecified atom stereocenters. The Hall–Kier alpha value is -1.64. The predicted octanol–water partition coefficient (Wildman–Crippen LogP) is 2.94. The van der Waals surface area contributed by atoms with Gasteiger partial charge in [-0.2, -0.15) is 0 Å². The third kappa shape index (κ3) is 3.99. The van der Waals surface area contributed by atoms with E-state index >= 15 is 0 Å². The van der Waals surface area contributed by atoms with Crippen LogP contribution >= 0.6 is 0 Å². The molecule has 0 heterocycles. The topological polar surface area (TPSA) is 29.5 Å². The van der Waals surface area contributed by atoms with Crippen LogP contribution in [0, 0.1) is 0 Å². The Labute approximate surface area is 108 Å². The maximum atomic E-state index is 8.90. The zero-order valence-electron chi connectivity index (χ0n) is 10.4. The summed E-state index contributed by atoms with van der Waals surface area (Å²) in [6.45, 7) is 1.42. The summed E-state index contributed by atoms with van der Waals surface area (Å²) in [5, 5.41) is 8.90. The molecule has 1 N–H and O–H groups in total. The van der Waals surface area contributed by atoms with Crippen LogP contribution in [0.3, 0.4) is 0 Å². The summed E-state index contributed by atoms with van der Waals surface area (Å²) in [5.74, 6) is 0. The zero-order valence-corrected chi connectivity index (χ0v) is 10.4. The highest BCUT2D eigenvalue weighted by molar-refractivity contribution is 5.23. The predicted molar refractivity (Wildman–Crippen MR) is 72.2 cm³/mol. The van der Waals surface area contributed by atoms with Crippen LogP contribution in [0.15, 0.2) is 54.6 Å². The second-order valence-electron chi connectivity index (χ2n) is 4.27. The summed E-state index contributed by atoms with van der Waals surface area (Å²) in [7, 11) is 0. The first-order valence-corrected chi connectivity index (χ1v) is 6.19. The van der Waals surface area contributed by atoms with Gasteiger partial charge in [0.2, 0.25) is 0 Å². The number of hydrogen-bond acceptors (Lipinski definition) is 2. The van der Waals surface area contributed by atoms with Crippen molar-refractivity contribution in [3.8, 4) is 0 Å². The average Bonchev–Trinajstić information content (AvgIpc) is 2.41. The van der Waals surface area contributed by atoms with Crippen LogP contribution in [0.2, 0.25) is 0 Å². The molecule has 0 radical (unpaired) electrons. The van der Waals surface area contributed by atoms with Crippen molar-refractivity contribution in [2.75, 3.05) is 6.61 Å². The van der Waals surface area contributed by atoms with E-state index in [1.54, 1.807) is 0 Å². The highest BCUT2D eigenvalue weighted by Gasteiger charge is 1.97. The molecule has 0 amide bonds. The number of rotatable bonds is 6. The SMILES string of the molecule is OCCc1cccc(COCc2ccccc2)c1. The summed E-state index contributed by atoms with van der Waals surface area (Å²) < 4.78 is 5.68. The molecule has 0 bridgehead atoms. The Morgan fingerprint density at radius 1 is 0.778 bits per heavy atom. The molecule has 0 aromatic heterocycles. The Balaban J connectivity index is 1.84. The fraction of sp³-hybridized carbons (Fsp3) is 0.250. The lowest BCUT2D eigenvalue weighted by atomic mass is 10.1. The van der Waals surface area contributed by atoms with Gasteiger partial charge in [-0.1, -0.05) is 54.6 Å². The van der Waals surface area contributed by atoms with E-state index < -0.39 is 0 Å². The van der Waals surface area contributed by atoms with Gasteiger partial charge in [0.1, 0.15) is 0 Å². The molecule has 0 atom stereocenters. The van der Waals surface area contributed by atoms with Gasteiger partial charge < -0.3 is 9.84 Å². The number of aliphatic hydroxyl groups excluding tert-OH is 1. The van der Waals surface area contributed by atoms with Gasteiger partial charge in [-0.05, 0) is 23.1 Å². The van der Waals surface area contributed by atoms with Crippen molar-refractivity contribution in [1.82, 2.24) is 0 Å². The first kappa shape index (κ1) is 12.8. The van der Waals surface area contributed by atoms with Crippen molar-refractivity contribution >= 4 is 0 Å². The Bertz CT molecular complexity index is 466. The highest BCUT2D eigenvalue weighted by atomic mass is 16.5. The minimum atomic E-state index is 0.189. The molecule has 94 valence electrons. The fourth-order valence-corrected chi connectivity index (χ4v) is 1.87. The van der Waals surface area contributed by atoms with Gasteiger partial charge in [0.25, 0.3) is 0 Å². The maximum absolute atomic E-state index is 8.90. The molecule has 0 fully saturated rings. The average molecular weight is 242 g/mol. The smallest absolute Gasteiger partial charge is 0.0721 e. The molecule has 2 aromatic carbocycles. The molecule has 0 spiro atoms. The van der Waals surface area contributed by atoms with E-state index in [4.69, 9.17) is 9.84 Å². The van der Waals surface area contributed by atoms with Crippen molar-refractivity contribution in [1.29, 1.82) is 0 Å². The fourth-order valence-electron chi connectivity index (χ4n) is 1.87. The third-order valence-corrected chi connectivity index (χ3v) is 2.77. The molecular formula is C16H18O2. The van der Waals surface area contributed by atoms with Crippen molar-refractivity contribution in [2.24, 2.45) is 0 Å². The minimum absolute atomic E-state index is 0.189. The van der Waals surface area contributed by atoms with E-state index in [1.165, 1.54) is 5.56 Å². The largest absolute Gasteiger partial charge is 0.396 e. The highest BCUT2D eigenvalue weighted by Crippen LogP contribution is 2.09. The number of aliphatic hydroxyl groups is 1. The summed E-state index contributed by atoms with van der Waals surface area (Å²) in [6.07, 6.45) is 0.701. The summed E-state index contributed by atoms with van der Waals surface area (Å²) >= 11 is 0. The molecule has 0 aliphatic carbocycles. The lowest BCUT2D eigenvalue weighted by Crippen LogP contribution is -1.96. The lowest BCUT2D eigenvalue weighted by molar-refractivity contribution is 0.107. The molecular weight excluding hydrogens is 224 g/mol. The molecule has 0 saturated carbocycles. The van der Waals surface area contributed by atoms with Gasteiger partial charge in [0.05, 0.1) is 13.2 Å². The minimum Gasteiger partial charge on any atom is -0.396 e. The van der Waals surface area contributed by atoms with Crippen molar-refractivity contribution in [2.45, 2.75) is 19.6 Å². The number of ether oxygens (including phenoxy) is 1. The Morgan fingerprint density at radius 2 is 1.44 bits per heavy atom. The van der Waals surface area contributed by atoms with Crippen molar-refractivity contribution in [3.63, 3.8) is 0 Å². The van der Waals surface area contributed by atoms with E-state index in [0.717, 1.165) is 11.1 Å². The van der Waals surface area contributed by atoms with E-state index in [-0.39, 0.29) is 6.61 Å². The van der Waals surface area contributed by atoms with Gasteiger partial charge in [-0.15, -0.1) is 0 Å². The van der Waals surface area contributed by atoms with Gasteiger partial charge in [0.15, 0.2) is 0 Å². The lowest BCUT2D eigenvalue weighted by Gasteiger charge is -2.06. The van der Waals surface area contributed by atoms with Gasteiger partial charge in [-0.3, -0.25) is 0 Å². The van der Waals surface area contributed by atoms with Crippen LogP contribution in [0.4, 0.5) is 0 Å². The molecule has 2 heteroatoms. The first-order valence-electron chi connectivity index (χ1n) is 6.19. The standard InChI is InChI=1S/C16H18O2/c17-10-9-14-7-4-8-16(11-14)13-18-12-15-5-2-1-3-6-15/h1-8,11,17H,9-10,12-13H2. The van der Waals surface area contributed by atoms with Gasteiger partial charge in [-0.25, -0.2) is 0 Å². The number of hydrogen-bond donors (Lipinski definition) is 1. The van der Waals surface area contributed by atoms with Crippen LogP contribution < -0.4 is 0 Å². The molecule has 2 rings (SSSR count). The van der Waals surface area contributed by atoms with Crippen LogP contribution in [0.1, 0.15) is 16.7 Å². The Morgan fingerprint density at radius 3 is 2.22 bits per heavy atom. The van der Waals surface area contributed by atoms with Crippen LogP contribution in [0.25, 0.3) is 0 Å². The Kier molecular flexibility index (Phi) is 4.94. The molecule has 2 nitrogen and oxygen atoms in total. The van der Waals surface area contributed by atoms with E-state index in [2.05, 4.69) is 18.2 Å². The van der Waals surface area contributed by atoms with Crippen LogP contribution in [0.5, 0.6) is 0 Å². The van der Waals surface area contributed by atoms with Gasteiger partial charge >= 0.3 is 0 Å². The van der Waals surface area contributed by atoms with E-state index in [9.17, 15) is 0 Å². The van der Waals surface area contributed by atoms with E-state index in [1.807, 2.05) is 36.4 Å². The molecule has 0 aliphatic heterocycles. The summed E-state index contributed by atoms with van der Waals surface area (Å²) in [5.41, 5.74) is 3.49. The van der Waals surface area contributed by atoms with Crippen LogP contribution in [-0.4, -0.2) is 11.7 Å². The maximum Gasteiger partial charge on any atom is 0.0721 e. The van der Waals surface area contributed by atoms with Crippen molar-refractivity contribution < 1.29 is 9.84 Å². The van der Waals surface area contributed by atoms with Gasteiger partial charge in [0, 0.05) is 6.61 Å². The normalized spacial score (nSPS) is 10.5. The molecule has 0 aliphatic rings. The first-order chi connectivity index (χ1) is 8.88. The summed E-state index contributed by atoms with van der Waals surface area (Å²) in [6, 6.07) is 18.3. The monoisotopic (exact) mass is 242 g/mol. The van der Waals surface area contributed by atoms with E-state index in [0.29, 0.717) is 19.6 Å². The molecule has 2 aromatic rings. The third-order valence-electron chi connectivity index (χ3n) is 2.77. The second-order valence-corrected chi connectivity index (χ2v) is 4.27.